The van der Waals surface area contributed by atoms with E-state index in [0.29, 0.717) is 30.3 Å². The second-order valence-corrected chi connectivity index (χ2v) is 6.19. The molecule has 138 valence electrons. The molecule has 0 unspecified atom stereocenters. The number of nitrogens with zero attached hydrogens (tertiary/aromatic N) is 1. The Hall–Kier alpha value is -2.68. The molecule has 1 fully saturated rings. The zero-order valence-corrected chi connectivity index (χ0v) is 13.5. The van der Waals surface area contributed by atoms with Gasteiger partial charge >= 0.3 is 6.18 Å². The molecule has 1 aliphatic rings. The van der Waals surface area contributed by atoms with E-state index in [0.717, 1.165) is 12.1 Å². The molecule has 5 nitrogen and oxygen atoms in total. The summed E-state index contributed by atoms with van der Waals surface area (Å²) in [5.74, 6) is -1.22. The van der Waals surface area contributed by atoms with Crippen LogP contribution in [0.25, 0.3) is 0 Å². The van der Waals surface area contributed by atoms with Crippen LogP contribution < -0.4 is 16.4 Å². The summed E-state index contributed by atoms with van der Waals surface area (Å²) in [7, 11) is 0. The molecule has 0 radical (unpaired) electrons. The summed E-state index contributed by atoms with van der Waals surface area (Å²) in [6.07, 6.45) is -2.06. The highest BCUT2D eigenvalue weighted by molar-refractivity contribution is 5.88. The van der Waals surface area contributed by atoms with E-state index in [9.17, 15) is 22.4 Å². The van der Waals surface area contributed by atoms with Crippen LogP contribution in [-0.2, 0) is 17.5 Å². The number of alkyl halides is 3. The Labute approximate surface area is 146 Å². The van der Waals surface area contributed by atoms with Gasteiger partial charge in [-0.15, -0.1) is 0 Å². The van der Waals surface area contributed by atoms with Gasteiger partial charge in [0.15, 0.2) is 0 Å². The van der Waals surface area contributed by atoms with Crippen LogP contribution in [0.15, 0.2) is 36.5 Å². The molecule has 1 aromatic carbocycles. The number of nitrogens with two attached hydrogens (primary N) is 1. The molecule has 4 N–H and O–H groups in total. The van der Waals surface area contributed by atoms with Crippen molar-refractivity contribution in [3.8, 4) is 0 Å². The second-order valence-electron chi connectivity index (χ2n) is 6.19. The number of carbonyl (C=O) groups excluding carboxylic acids is 1. The van der Waals surface area contributed by atoms with E-state index in [1.165, 1.54) is 12.3 Å². The van der Waals surface area contributed by atoms with Gasteiger partial charge in [0.25, 0.3) is 0 Å². The number of halogens is 4. The van der Waals surface area contributed by atoms with Gasteiger partial charge in [0, 0.05) is 0 Å². The highest BCUT2D eigenvalue weighted by Gasteiger charge is 2.45. The van der Waals surface area contributed by atoms with Crippen LogP contribution in [0, 0.1) is 5.82 Å². The molecule has 3 rings (SSSR count). The second kappa shape index (κ2) is 6.56. The zero-order valence-electron chi connectivity index (χ0n) is 13.5. The number of amides is 1. The van der Waals surface area contributed by atoms with Gasteiger partial charge in [-0.05, 0) is 43.2 Å². The number of anilines is 2. The van der Waals surface area contributed by atoms with Crippen molar-refractivity contribution in [2.75, 3.05) is 5.32 Å². The van der Waals surface area contributed by atoms with Gasteiger partial charge in [-0.3, -0.25) is 9.78 Å². The van der Waals surface area contributed by atoms with Crippen LogP contribution in [0.2, 0.25) is 0 Å². The molecule has 1 aromatic heterocycles. The number of aromatic nitrogens is 1. The average molecular weight is 368 g/mol. The first-order valence-corrected chi connectivity index (χ1v) is 7.83. The summed E-state index contributed by atoms with van der Waals surface area (Å²) in [5, 5.41) is 5.24. The SMILES string of the molecule is NC1(C(=O)NCc2ccc(Nc3ccc(F)cc3C(F)(F)F)cn2)CC1. The molecule has 1 saturated carbocycles. The Morgan fingerprint density at radius 3 is 2.54 bits per heavy atom. The molecule has 26 heavy (non-hydrogen) atoms. The molecule has 0 atom stereocenters. The number of carbonyl (C=O) groups is 1. The summed E-state index contributed by atoms with van der Waals surface area (Å²) < 4.78 is 52.1. The minimum atomic E-state index is -4.69. The number of nitrogens with one attached hydrogen (secondary N) is 2. The number of pyridine rings is 1. The lowest BCUT2D eigenvalue weighted by Crippen LogP contribution is -2.42. The van der Waals surface area contributed by atoms with Crippen LogP contribution in [0.3, 0.4) is 0 Å². The fraction of sp³-hybridized carbons (Fsp3) is 0.294. The number of hydrogen-bond acceptors (Lipinski definition) is 4. The Balaban J connectivity index is 1.67. The fourth-order valence-electron chi connectivity index (χ4n) is 2.33. The molecular formula is C17H16F4N4O. The van der Waals surface area contributed by atoms with Gasteiger partial charge in [0.1, 0.15) is 5.82 Å². The van der Waals surface area contributed by atoms with Gasteiger partial charge in [0.05, 0.1) is 40.9 Å². The van der Waals surface area contributed by atoms with Crippen LogP contribution in [-0.4, -0.2) is 16.4 Å². The highest BCUT2D eigenvalue weighted by atomic mass is 19.4. The molecular weight excluding hydrogens is 352 g/mol. The van der Waals surface area contributed by atoms with Crippen molar-refractivity contribution in [3.05, 3.63) is 53.6 Å². The Bertz CT molecular complexity index is 817. The Morgan fingerprint density at radius 1 is 1.23 bits per heavy atom. The smallest absolute Gasteiger partial charge is 0.354 e. The van der Waals surface area contributed by atoms with Crippen molar-refractivity contribution in [2.45, 2.75) is 31.1 Å². The van der Waals surface area contributed by atoms with Gasteiger partial charge in [-0.1, -0.05) is 0 Å². The molecule has 1 heterocycles. The lowest BCUT2D eigenvalue weighted by molar-refractivity contribution is -0.137. The Kier molecular flexibility index (Phi) is 4.57. The van der Waals surface area contributed by atoms with E-state index >= 15 is 0 Å². The average Bonchev–Trinajstić information content (AvgIpc) is 3.33. The molecule has 1 amide bonds. The number of hydrogen-bond donors (Lipinski definition) is 3. The van der Waals surface area contributed by atoms with Gasteiger partial charge in [-0.2, -0.15) is 13.2 Å². The lowest BCUT2D eigenvalue weighted by Gasteiger charge is -2.15. The van der Waals surface area contributed by atoms with E-state index < -0.39 is 23.1 Å². The Morgan fingerprint density at radius 2 is 1.96 bits per heavy atom. The monoisotopic (exact) mass is 368 g/mol. The molecule has 1 aliphatic carbocycles. The zero-order chi connectivity index (χ0) is 18.9. The minimum absolute atomic E-state index is 0.169. The van der Waals surface area contributed by atoms with Gasteiger partial charge < -0.3 is 16.4 Å². The quantitative estimate of drug-likeness (QED) is 0.709. The summed E-state index contributed by atoms with van der Waals surface area (Å²) >= 11 is 0. The summed E-state index contributed by atoms with van der Waals surface area (Å²) in [6, 6.07) is 5.47. The maximum absolute atomic E-state index is 13.1. The molecule has 2 aromatic rings. The van der Waals surface area contributed by atoms with E-state index in [1.807, 2.05) is 0 Å². The van der Waals surface area contributed by atoms with Crippen LogP contribution in [0.4, 0.5) is 28.9 Å². The number of benzene rings is 1. The molecule has 9 heteroatoms. The van der Waals surface area contributed by atoms with E-state index in [-0.39, 0.29) is 18.1 Å². The topological polar surface area (TPSA) is 80.0 Å². The first kappa shape index (κ1) is 18.1. The molecule has 0 bridgehead atoms. The lowest BCUT2D eigenvalue weighted by atomic mass is 10.1. The fourth-order valence-corrected chi connectivity index (χ4v) is 2.33. The number of rotatable bonds is 5. The predicted molar refractivity (Wildman–Crippen MR) is 86.9 cm³/mol. The van der Waals surface area contributed by atoms with E-state index in [4.69, 9.17) is 5.73 Å². The molecule has 0 aliphatic heterocycles. The first-order valence-electron chi connectivity index (χ1n) is 7.83. The van der Waals surface area contributed by atoms with Crippen molar-refractivity contribution < 1.29 is 22.4 Å². The van der Waals surface area contributed by atoms with Gasteiger partial charge in [0.2, 0.25) is 5.91 Å². The summed E-state index contributed by atoms with van der Waals surface area (Å²) in [4.78, 5) is 15.8. The largest absolute Gasteiger partial charge is 0.418 e. The van der Waals surface area contributed by atoms with Crippen LogP contribution in [0.5, 0.6) is 0 Å². The van der Waals surface area contributed by atoms with Crippen molar-refractivity contribution in [2.24, 2.45) is 5.73 Å². The third kappa shape index (κ3) is 4.10. The van der Waals surface area contributed by atoms with Gasteiger partial charge in [-0.25, -0.2) is 4.39 Å². The van der Waals surface area contributed by atoms with Crippen molar-refractivity contribution in [1.29, 1.82) is 0 Å². The van der Waals surface area contributed by atoms with Crippen LogP contribution >= 0.6 is 0 Å². The summed E-state index contributed by atoms with van der Waals surface area (Å²) in [6.45, 7) is 0.169. The highest BCUT2D eigenvalue weighted by Crippen LogP contribution is 2.36. The van der Waals surface area contributed by atoms with E-state index in [2.05, 4.69) is 15.6 Å². The normalized spacial score (nSPS) is 15.4. The predicted octanol–water partition coefficient (Wildman–Crippen LogP) is 3.09. The van der Waals surface area contributed by atoms with E-state index in [1.54, 1.807) is 6.07 Å². The maximum Gasteiger partial charge on any atom is 0.418 e. The third-order valence-electron chi connectivity index (χ3n) is 4.06. The maximum atomic E-state index is 13.1. The van der Waals surface area contributed by atoms with Crippen molar-refractivity contribution >= 4 is 17.3 Å². The first-order chi connectivity index (χ1) is 12.2. The third-order valence-corrected chi connectivity index (χ3v) is 4.06. The summed E-state index contributed by atoms with van der Waals surface area (Å²) in [5.41, 5.74) is 4.43. The standard InChI is InChI=1S/C17H16F4N4O/c18-10-1-4-14(13(7-10)17(19,20)21)25-12-3-2-11(23-9-12)8-24-15(26)16(22)5-6-16/h1-4,7,9,25H,5-6,8,22H2,(H,24,26). The van der Waals surface area contributed by atoms with Crippen molar-refractivity contribution in [1.82, 2.24) is 10.3 Å². The van der Waals surface area contributed by atoms with Crippen molar-refractivity contribution in [3.63, 3.8) is 0 Å². The molecule has 0 spiro atoms. The molecule has 0 saturated heterocycles. The minimum Gasteiger partial charge on any atom is -0.354 e. The van der Waals surface area contributed by atoms with Crippen LogP contribution in [0.1, 0.15) is 24.1 Å².